The van der Waals surface area contributed by atoms with Crippen molar-refractivity contribution in [1.82, 2.24) is 15.0 Å². The Bertz CT molecular complexity index is 1610. The molecular weight excluding hydrogens is 523 g/mol. The van der Waals surface area contributed by atoms with E-state index in [1.54, 1.807) is 48.7 Å². The molecule has 0 aliphatic rings. The Morgan fingerprint density at radius 2 is 1.76 bits per heavy atom. The number of alkyl halides is 3. The molecule has 194 valence electrons. The fourth-order valence-electron chi connectivity index (χ4n) is 3.76. The number of H-pyrrole nitrogens is 1. The number of imidazole rings is 1. The van der Waals surface area contributed by atoms with E-state index < -0.39 is 21.9 Å². The second-order valence-electron chi connectivity index (χ2n) is 8.26. The summed E-state index contributed by atoms with van der Waals surface area (Å²) in [4.78, 5) is 11.4. The molecule has 1 atom stereocenters. The van der Waals surface area contributed by atoms with Crippen molar-refractivity contribution < 1.29 is 28.2 Å². The van der Waals surface area contributed by atoms with E-state index in [9.17, 15) is 23.5 Å². The third-order valence-corrected chi connectivity index (χ3v) is 5.94. The molecule has 0 amide bonds. The molecule has 1 unspecified atom stereocenters. The number of ether oxygens (including phenoxy) is 1. The highest BCUT2D eigenvalue weighted by Crippen LogP contribution is 2.36. The number of aliphatic hydroxyl groups is 1. The summed E-state index contributed by atoms with van der Waals surface area (Å²) >= 11 is 5.66. The fraction of sp³-hybridized carbons (Fsp3) is 0.0769. The van der Waals surface area contributed by atoms with Crippen molar-refractivity contribution >= 4 is 33.7 Å². The van der Waals surface area contributed by atoms with Crippen LogP contribution in [0.25, 0.3) is 22.3 Å². The third-order valence-electron chi connectivity index (χ3n) is 5.61. The molecule has 5 rings (SSSR count). The zero-order valence-electron chi connectivity index (χ0n) is 19.4. The molecule has 3 aromatic carbocycles. The smallest absolute Gasteiger partial charge is 0.417 e. The standard InChI is InChI=1S/C26H19ClF3N5O3/c27-23-6-3-17(11-22(23)26(28,29)30)34-35(37)19-4-1-15-2-5-20(10-16(15)9-19)38-21-7-8-31-24(12-21)25-32-13-18(14-36)33-25/h1-13,34-36H,14H2,(H,32,33). The first-order valence-electron chi connectivity index (χ1n) is 11.2. The van der Waals surface area contributed by atoms with Crippen LogP contribution in [-0.2, 0) is 12.8 Å². The second-order valence-corrected chi connectivity index (χ2v) is 8.67. The minimum absolute atomic E-state index is 0.0277. The quantitative estimate of drug-likeness (QED) is 0.199. The summed E-state index contributed by atoms with van der Waals surface area (Å²) in [5.74, 6) is 1.47. The molecule has 0 bridgehead atoms. The van der Waals surface area contributed by atoms with Gasteiger partial charge in [0.2, 0.25) is 0 Å². The molecule has 12 heteroatoms. The van der Waals surface area contributed by atoms with Crippen molar-refractivity contribution in [3.05, 3.63) is 101 Å². The van der Waals surface area contributed by atoms with E-state index in [1.807, 2.05) is 6.07 Å². The number of benzene rings is 3. The van der Waals surface area contributed by atoms with Crippen LogP contribution in [0.4, 0.5) is 24.5 Å². The molecule has 0 fully saturated rings. The summed E-state index contributed by atoms with van der Waals surface area (Å²) < 4.78 is 45.5. The van der Waals surface area contributed by atoms with Crippen molar-refractivity contribution in [3.63, 3.8) is 0 Å². The van der Waals surface area contributed by atoms with E-state index in [-0.39, 0.29) is 18.0 Å². The summed E-state index contributed by atoms with van der Waals surface area (Å²) in [6.07, 6.45) is -1.56. The number of quaternary nitrogens is 1. The van der Waals surface area contributed by atoms with Gasteiger partial charge in [-0.2, -0.15) is 13.2 Å². The number of rotatable bonds is 7. The lowest BCUT2D eigenvalue weighted by molar-refractivity contribution is -0.749. The number of hydrogen-bond acceptors (Lipinski definition) is 6. The predicted molar refractivity (Wildman–Crippen MR) is 136 cm³/mol. The lowest BCUT2D eigenvalue weighted by atomic mass is 10.1. The molecule has 0 saturated heterocycles. The maximum absolute atomic E-state index is 13.2. The van der Waals surface area contributed by atoms with Gasteiger partial charge in [-0.25, -0.2) is 15.6 Å². The van der Waals surface area contributed by atoms with Crippen LogP contribution in [0.3, 0.4) is 0 Å². The first kappa shape index (κ1) is 25.5. The number of nitrogens with one attached hydrogen (secondary N) is 3. The largest absolute Gasteiger partial charge is 0.603 e. The highest BCUT2D eigenvalue weighted by molar-refractivity contribution is 6.31. The zero-order valence-corrected chi connectivity index (χ0v) is 20.1. The number of fused-ring (bicyclic) bond motifs is 1. The molecule has 4 N–H and O–H groups in total. The lowest BCUT2D eigenvalue weighted by Crippen LogP contribution is -3.05. The SMILES string of the molecule is [O-][NH+](Nc1ccc(Cl)c(C(F)(F)F)c1)c1ccc2ccc(Oc3ccnc(-c4ncc(CO)[nH]4)c3)cc2c1. The number of halogens is 4. The van der Waals surface area contributed by atoms with Crippen LogP contribution in [0.1, 0.15) is 11.3 Å². The van der Waals surface area contributed by atoms with Crippen molar-refractivity contribution in [2.75, 3.05) is 5.43 Å². The fourth-order valence-corrected chi connectivity index (χ4v) is 3.99. The Kier molecular flexibility index (Phi) is 6.91. The first-order valence-corrected chi connectivity index (χ1v) is 11.6. The topological polar surface area (TPSA) is 111 Å². The molecule has 0 radical (unpaired) electrons. The highest BCUT2D eigenvalue weighted by atomic mass is 35.5. The Morgan fingerprint density at radius 1 is 0.974 bits per heavy atom. The van der Waals surface area contributed by atoms with E-state index in [2.05, 4.69) is 20.4 Å². The Balaban J connectivity index is 1.36. The normalized spacial score (nSPS) is 12.5. The molecule has 2 heterocycles. The van der Waals surface area contributed by atoms with Gasteiger partial charge in [-0.3, -0.25) is 4.98 Å². The molecule has 0 saturated carbocycles. The summed E-state index contributed by atoms with van der Waals surface area (Å²) in [6.45, 7) is -0.172. The van der Waals surface area contributed by atoms with Gasteiger partial charge in [0, 0.05) is 24.4 Å². The lowest BCUT2D eigenvalue weighted by Gasteiger charge is -2.23. The summed E-state index contributed by atoms with van der Waals surface area (Å²) in [7, 11) is 0. The summed E-state index contributed by atoms with van der Waals surface area (Å²) in [5, 5.41) is 22.5. The van der Waals surface area contributed by atoms with Crippen LogP contribution in [0, 0.1) is 5.21 Å². The monoisotopic (exact) mass is 541 g/mol. The molecule has 8 nitrogen and oxygen atoms in total. The zero-order chi connectivity index (χ0) is 26.9. The van der Waals surface area contributed by atoms with E-state index in [1.165, 1.54) is 12.3 Å². The van der Waals surface area contributed by atoms with Crippen LogP contribution in [-0.4, -0.2) is 20.1 Å². The van der Waals surface area contributed by atoms with Crippen LogP contribution < -0.4 is 15.3 Å². The average molecular weight is 542 g/mol. The van der Waals surface area contributed by atoms with Gasteiger partial charge in [0.25, 0.3) is 0 Å². The molecule has 2 aromatic heterocycles. The van der Waals surface area contributed by atoms with Crippen molar-refractivity contribution in [1.29, 1.82) is 0 Å². The number of nitrogens with zero attached hydrogens (tertiary/aromatic N) is 2. The number of aromatic nitrogens is 3. The number of aliphatic hydroxyl groups excluding tert-OH is 1. The Hall–Kier alpha value is -4.16. The Labute approximate surface area is 218 Å². The molecule has 0 spiro atoms. The van der Waals surface area contributed by atoms with E-state index in [0.717, 1.165) is 17.5 Å². The highest BCUT2D eigenvalue weighted by Gasteiger charge is 2.33. The van der Waals surface area contributed by atoms with Gasteiger partial charge in [-0.15, -0.1) is 0 Å². The van der Waals surface area contributed by atoms with Gasteiger partial charge in [0.05, 0.1) is 34.8 Å². The summed E-state index contributed by atoms with van der Waals surface area (Å²) in [5.41, 5.74) is 2.76. The van der Waals surface area contributed by atoms with Crippen LogP contribution in [0.2, 0.25) is 5.02 Å². The van der Waals surface area contributed by atoms with E-state index >= 15 is 0 Å². The molecule has 5 aromatic rings. The Morgan fingerprint density at radius 3 is 2.53 bits per heavy atom. The average Bonchev–Trinajstić information content (AvgIpc) is 3.38. The molecular formula is C26H19ClF3N5O3. The number of aromatic amines is 1. The summed E-state index contributed by atoms with van der Waals surface area (Å²) in [6, 6.07) is 16.8. The maximum atomic E-state index is 13.2. The minimum atomic E-state index is -4.65. The van der Waals surface area contributed by atoms with E-state index in [0.29, 0.717) is 34.1 Å². The van der Waals surface area contributed by atoms with Crippen molar-refractivity contribution in [3.8, 4) is 23.0 Å². The van der Waals surface area contributed by atoms with E-state index in [4.69, 9.17) is 16.3 Å². The number of pyridine rings is 1. The van der Waals surface area contributed by atoms with Gasteiger partial charge in [0.1, 0.15) is 17.2 Å². The van der Waals surface area contributed by atoms with Crippen LogP contribution in [0.15, 0.2) is 79.1 Å². The molecule has 0 aliphatic heterocycles. The van der Waals surface area contributed by atoms with Gasteiger partial charge >= 0.3 is 6.18 Å². The van der Waals surface area contributed by atoms with Crippen molar-refractivity contribution in [2.24, 2.45) is 0 Å². The third kappa shape index (κ3) is 5.55. The first-order chi connectivity index (χ1) is 18.2. The van der Waals surface area contributed by atoms with Crippen LogP contribution in [0.5, 0.6) is 11.5 Å². The minimum Gasteiger partial charge on any atom is -0.603 e. The van der Waals surface area contributed by atoms with Gasteiger partial charge in [-0.1, -0.05) is 17.7 Å². The maximum Gasteiger partial charge on any atom is 0.417 e. The van der Waals surface area contributed by atoms with Crippen LogP contribution >= 0.6 is 11.6 Å². The van der Waals surface area contributed by atoms with Gasteiger partial charge in [-0.05, 0) is 53.2 Å². The van der Waals surface area contributed by atoms with Gasteiger partial charge in [0.15, 0.2) is 11.5 Å². The predicted octanol–water partition coefficient (Wildman–Crippen LogP) is 5.62. The van der Waals surface area contributed by atoms with Gasteiger partial charge < -0.3 is 20.0 Å². The molecule has 38 heavy (non-hydrogen) atoms. The second kappa shape index (κ2) is 10.3. The number of hydrogen-bond donors (Lipinski definition) is 4. The van der Waals surface area contributed by atoms with Crippen molar-refractivity contribution in [2.45, 2.75) is 12.8 Å². The molecule has 0 aliphatic carbocycles. The number of anilines is 1.